The molecular weight excluding hydrogens is 361 g/mol. The molecule has 3 rings (SSSR count). The number of hydrogen-bond acceptors (Lipinski definition) is 4. The molecule has 1 aliphatic rings. The number of nitrogens with zero attached hydrogens (tertiary/aromatic N) is 1. The molecule has 0 radical (unpaired) electrons. The third-order valence-electron chi connectivity index (χ3n) is 4.50. The summed E-state index contributed by atoms with van der Waals surface area (Å²) in [4.78, 5) is 26.4. The Hall–Kier alpha value is -2.93. The van der Waals surface area contributed by atoms with Crippen molar-refractivity contribution in [3.63, 3.8) is 0 Å². The minimum atomic E-state index is -0.361. The van der Waals surface area contributed by atoms with Crippen LogP contribution in [0.25, 0.3) is 0 Å². The summed E-state index contributed by atoms with van der Waals surface area (Å²) in [6.45, 7) is 3.22. The van der Waals surface area contributed by atoms with E-state index in [0.29, 0.717) is 31.9 Å². The van der Waals surface area contributed by atoms with Gasteiger partial charge in [-0.25, -0.2) is 4.39 Å². The second kappa shape index (κ2) is 9.85. The standard InChI is InChI=1S/C21H24FN3O3/c22-17-7-5-16(6-8-17)9-10-23-20(26)15-21(27)24-18-3-1-2-4-19(18)25-11-13-28-14-12-25/h1-8H,9-15H2,(H,23,26)(H,24,27). The van der Waals surface area contributed by atoms with Gasteiger partial charge in [0, 0.05) is 19.6 Å². The normalized spacial score (nSPS) is 13.8. The van der Waals surface area contributed by atoms with Crippen molar-refractivity contribution in [2.24, 2.45) is 0 Å². The molecule has 148 valence electrons. The summed E-state index contributed by atoms with van der Waals surface area (Å²) < 4.78 is 18.3. The van der Waals surface area contributed by atoms with Crippen LogP contribution in [0, 0.1) is 5.82 Å². The van der Waals surface area contributed by atoms with E-state index in [1.54, 1.807) is 12.1 Å². The average Bonchev–Trinajstić information content (AvgIpc) is 2.70. The quantitative estimate of drug-likeness (QED) is 0.718. The Kier molecular flexibility index (Phi) is 6.97. The number of anilines is 2. The Morgan fingerprint density at radius 3 is 2.46 bits per heavy atom. The number of rotatable bonds is 7. The first-order chi connectivity index (χ1) is 13.6. The van der Waals surface area contributed by atoms with Crippen LogP contribution < -0.4 is 15.5 Å². The Morgan fingerprint density at radius 2 is 1.71 bits per heavy atom. The van der Waals surface area contributed by atoms with Gasteiger partial charge in [0.15, 0.2) is 0 Å². The molecule has 0 bridgehead atoms. The lowest BCUT2D eigenvalue weighted by molar-refractivity contribution is -0.126. The van der Waals surface area contributed by atoms with Crippen molar-refractivity contribution >= 4 is 23.2 Å². The van der Waals surface area contributed by atoms with Crippen molar-refractivity contribution in [1.82, 2.24) is 5.32 Å². The molecule has 1 heterocycles. The molecule has 0 spiro atoms. The SMILES string of the molecule is O=C(CC(=O)Nc1ccccc1N1CCOCC1)NCCc1ccc(F)cc1. The van der Waals surface area contributed by atoms with Gasteiger partial charge < -0.3 is 20.3 Å². The van der Waals surface area contributed by atoms with Crippen LogP contribution in [0.15, 0.2) is 48.5 Å². The molecule has 2 aromatic carbocycles. The van der Waals surface area contributed by atoms with Crippen molar-refractivity contribution in [3.05, 3.63) is 59.9 Å². The van der Waals surface area contributed by atoms with Crippen LogP contribution >= 0.6 is 0 Å². The van der Waals surface area contributed by atoms with Crippen molar-refractivity contribution in [2.45, 2.75) is 12.8 Å². The Balaban J connectivity index is 1.47. The molecule has 0 unspecified atom stereocenters. The van der Waals surface area contributed by atoms with Gasteiger partial charge in [-0.1, -0.05) is 24.3 Å². The third kappa shape index (κ3) is 5.79. The van der Waals surface area contributed by atoms with Crippen LogP contribution in [0.1, 0.15) is 12.0 Å². The molecule has 28 heavy (non-hydrogen) atoms. The van der Waals surface area contributed by atoms with Gasteiger partial charge in [0.25, 0.3) is 0 Å². The van der Waals surface area contributed by atoms with Gasteiger partial charge in [-0.05, 0) is 36.2 Å². The number of halogens is 1. The highest BCUT2D eigenvalue weighted by atomic mass is 19.1. The van der Waals surface area contributed by atoms with E-state index in [0.717, 1.165) is 24.3 Å². The van der Waals surface area contributed by atoms with Gasteiger partial charge in [-0.15, -0.1) is 0 Å². The molecule has 1 aliphatic heterocycles. The molecule has 2 amide bonds. The number of hydrogen-bond donors (Lipinski definition) is 2. The predicted octanol–water partition coefficient (Wildman–Crippen LogP) is 2.35. The van der Waals surface area contributed by atoms with Crippen LogP contribution in [0.4, 0.5) is 15.8 Å². The number of nitrogens with one attached hydrogen (secondary N) is 2. The minimum Gasteiger partial charge on any atom is -0.378 e. The second-order valence-electron chi connectivity index (χ2n) is 6.57. The summed E-state index contributed by atoms with van der Waals surface area (Å²) in [5.41, 5.74) is 2.54. The number of para-hydroxylation sites is 2. The summed E-state index contributed by atoms with van der Waals surface area (Å²) in [5.74, 6) is -0.995. The smallest absolute Gasteiger partial charge is 0.233 e. The fourth-order valence-electron chi connectivity index (χ4n) is 3.06. The first-order valence-corrected chi connectivity index (χ1v) is 9.34. The predicted molar refractivity (Wildman–Crippen MR) is 106 cm³/mol. The fourth-order valence-corrected chi connectivity index (χ4v) is 3.06. The Morgan fingerprint density at radius 1 is 1.00 bits per heavy atom. The van der Waals surface area contributed by atoms with Crippen LogP contribution in [0.2, 0.25) is 0 Å². The van der Waals surface area contributed by atoms with Gasteiger partial charge in [0.2, 0.25) is 11.8 Å². The molecule has 2 aromatic rings. The van der Waals surface area contributed by atoms with Crippen LogP contribution in [0.5, 0.6) is 0 Å². The number of amides is 2. The zero-order valence-electron chi connectivity index (χ0n) is 15.6. The highest BCUT2D eigenvalue weighted by Crippen LogP contribution is 2.26. The molecule has 1 saturated heterocycles. The van der Waals surface area contributed by atoms with Gasteiger partial charge in [-0.2, -0.15) is 0 Å². The summed E-state index contributed by atoms with van der Waals surface area (Å²) >= 11 is 0. The van der Waals surface area contributed by atoms with E-state index >= 15 is 0 Å². The molecule has 1 fully saturated rings. The molecular formula is C21H24FN3O3. The lowest BCUT2D eigenvalue weighted by Crippen LogP contribution is -2.37. The van der Waals surface area contributed by atoms with Gasteiger partial charge in [0.1, 0.15) is 12.2 Å². The molecule has 0 saturated carbocycles. The molecule has 0 atom stereocenters. The monoisotopic (exact) mass is 385 g/mol. The maximum absolute atomic E-state index is 12.9. The zero-order chi connectivity index (χ0) is 19.8. The summed E-state index contributed by atoms with van der Waals surface area (Å²) in [6.07, 6.45) is 0.328. The van der Waals surface area contributed by atoms with Gasteiger partial charge in [-0.3, -0.25) is 9.59 Å². The highest BCUT2D eigenvalue weighted by molar-refractivity contribution is 6.04. The second-order valence-corrected chi connectivity index (χ2v) is 6.57. The highest BCUT2D eigenvalue weighted by Gasteiger charge is 2.16. The van der Waals surface area contributed by atoms with E-state index in [-0.39, 0.29) is 24.1 Å². The maximum Gasteiger partial charge on any atom is 0.233 e. The number of carbonyl (C=O) groups is 2. The lowest BCUT2D eigenvalue weighted by Gasteiger charge is -2.30. The third-order valence-corrected chi connectivity index (χ3v) is 4.50. The zero-order valence-corrected chi connectivity index (χ0v) is 15.6. The van der Waals surface area contributed by atoms with E-state index in [1.165, 1.54) is 12.1 Å². The summed E-state index contributed by atoms with van der Waals surface area (Å²) in [5, 5.41) is 5.55. The van der Waals surface area contributed by atoms with E-state index in [9.17, 15) is 14.0 Å². The topological polar surface area (TPSA) is 70.7 Å². The fraction of sp³-hybridized carbons (Fsp3) is 0.333. The largest absolute Gasteiger partial charge is 0.378 e. The van der Waals surface area contributed by atoms with Crippen molar-refractivity contribution in [1.29, 1.82) is 0 Å². The molecule has 0 aliphatic carbocycles. The van der Waals surface area contributed by atoms with Crippen LogP contribution in [-0.4, -0.2) is 44.7 Å². The van der Waals surface area contributed by atoms with E-state index in [2.05, 4.69) is 15.5 Å². The Labute approximate surface area is 163 Å². The molecule has 0 aromatic heterocycles. The average molecular weight is 385 g/mol. The summed E-state index contributed by atoms with van der Waals surface area (Å²) in [6, 6.07) is 13.7. The van der Waals surface area contributed by atoms with Gasteiger partial charge >= 0.3 is 0 Å². The van der Waals surface area contributed by atoms with Crippen molar-refractivity contribution in [3.8, 4) is 0 Å². The molecule has 6 nitrogen and oxygen atoms in total. The van der Waals surface area contributed by atoms with E-state index < -0.39 is 0 Å². The number of carbonyl (C=O) groups excluding carboxylic acids is 2. The lowest BCUT2D eigenvalue weighted by atomic mass is 10.1. The van der Waals surface area contributed by atoms with Crippen molar-refractivity contribution < 1.29 is 18.7 Å². The van der Waals surface area contributed by atoms with E-state index in [1.807, 2.05) is 24.3 Å². The van der Waals surface area contributed by atoms with Gasteiger partial charge in [0.05, 0.1) is 24.6 Å². The van der Waals surface area contributed by atoms with Crippen LogP contribution in [0.3, 0.4) is 0 Å². The summed E-state index contributed by atoms with van der Waals surface area (Å²) in [7, 11) is 0. The Bertz CT molecular complexity index is 805. The number of ether oxygens (including phenoxy) is 1. The maximum atomic E-state index is 12.9. The number of morpholine rings is 1. The first kappa shape index (κ1) is 19.8. The molecule has 2 N–H and O–H groups in total. The van der Waals surface area contributed by atoms with Crippen molar-refractivity contribution in [2.75, 3.05) is 43.1 Å². The minimum absolute atomic E-state index is 0.249. The molecule has 7 heteroatoms. The first-order valence-electron chi connectivity index (χ1n) is 9.34. The van der Waals surface area contributed by atoms with Crippen LogP contribution in [-0.2, 0) is 20.7 Å². The number of benzene rings is 2. The van der Waals surface area contributed by atoms with E-state index in [4.69, 9.17) is 4.74 Å².